The van der Waals surface area contributed by atoms with Crippen molar-refractivity contribution in [1.82, 2.24) is 5.32 Å². The van der Waals surface area contributed by atoms with Gasteiger partial charge in [-0.15, -0.1) is 0 Å². The summed E-state index contributed by atoms with van der Waals surface area (Å²) in [5.74, 6) is -0.125. The van der Waals surface area contributed by atoms with Crippen LogP contribution in [0.2, 0.25) is 5.02 Å². The molecule has 0 heterocycles. The largest absolute Gasteiger partial charge is 0.348 e. The molecule has 1 aromatic rings. The van der Waals surface area contributed by atoms with Crippen molar-refractivity contribution in [3.63, 3.8) is 0 Å². The molecule has 0 aliphatic rings. The molecule has 0 aliphatic heterocycles. The zero-order chi connectivity index (χ0) is 10.6. The molecule has 76 valence electrons. The van der Waals surface area contributed by atoms with Gasteiger partial charge in [0.05, 0.1) is 0 Å². The highest BCUT2D eigenvalue weighted by molar-refractivity contribution is 6.30. The first-order chi connectivity index (χ1) is 6.63. The molecule has 0 unspecified atom stereocenters. The number of carbonyl (C=O) groups excluding carboxylic acids is 1. The number of carbonyl (C=O) groups is 1. The lowest BCUT2D eigenvalue weighted by atomic mass is 10.2. The molecule has 4 heteroatoms. The van der Waals surface area contributed by atoms with Crippen LogP contribution in [-0.2, 0) is 0 Å². The van der Waals surface area contributed by atoms with E-state index in [-0.39, 0.29) is 11.9 Å². The number of amides is 1. The molecule has 0 saturated carbocycles. The predicted molar refractivity (Wildman–Crippen MR) is 57.4 cm³/mol. The number of hydrogen-bond acceptors (Lipinski definition) is 2. The highest BCUT2D eigenvalue weighted by Gasteiger charge is 2.07. The van der Waals surface area contributed by atoms with Crippen LogP contribution >= 0.6 is 11.6 Å². The maximum absolute atomic E-state index is 11.5. The molecule has 0 spiro atoms. The second-order valence-corrected chi connectivity index (χ2v) is 3.55. The van der Waals surface area contributed by atoms with Crippen molar-refractivity contribution in [2.24, 2.45) is 5.73 Å². The van der Waals surface area contributed by atoms with Gasteiger partial charge in [0.15, 0.2) is 0 Å². The van der Waals surface area contributed by atoms with Gasteiger partial charge in [-0.05, 0) is 31.2 Å². The summed E-state index contributed by atoms with van der Waals surface area (Å²) in [5.41, 5.74) is 5.98. The summed E-state index contributed by atoms with van der Waals surface area (Å²) in [7, 11) is 0. The molecule has 0 aromatic heterocycles. The Balaban J connectivity index is 2.65. The second kappa shape index (κ2) is 4.98. The lowest BCUT2D eigenvalue weighted by Gasteiger charge is -2.10. The van der Waals surface area contributed by atoms with Crippen molar-refractivity contribution in [3.05, 3.63) is 34.9 Å². The van der Waals surface area contributed by atoms with E-state index in [2.05, 4.69) is 5.32 Å². The summed E-state index contributed by atoms with van der Waals surface area (Å²) >= 11 is 5.70. The molecule has 3 nitrogen and oxygen atoms in total. The third-order valence-corrected chi connectivity index (χ3v) is 2.09. The summed E-state index contributed by atoms with van der Waals surface area (Å²) in [6.45, 7) is 2.28. The first-order valence-electron chi connectivity index (χ1n) is 4.40. The quantitative estimate of drug-likeness (QED) is 0.796. The molecule has 1 atom stereocenters. The van der Waals surface area contributed by atoms with Crippen molar-refractivity contribution >= 4 is 17.5 Å². The first kappa shape index (κ1) is 11.0. The van der Waals surface area contributed by atoms with Gasteiger partial charge in [-0.25, -0.2) is 0 Å². The lowest BCUT2D eigenvalue weighted by Crippen LogP contribution is -2.37. The summed E-state index contributed by atoms with van der Waals surface area (Å²) in [6.07, 6.45) is 0. The fourth-order valence-electron chi connectivity index (χ4n) is 0.967. The zero-order valence-electron chi connectivity index (χ0n) is 7.96. The lowest BCUT2D eigenvalue weighted by molar-refractivity contribution is 0.0941. The van der Waals surface area contributed by atoms with Crippen molar-refractivity contribution < 1.29 is 4.79 Å². The fourth-order valence-corrected chi connectivity index (χ4v) is 1.09. The molecule has 0 radical (unpaired) electrons. The minimum Gasteiger partial charge on any atom is -0.348 e. The minimum atomic E-state index is -0.125. The number of rotatable bonds is 3. The van der Waals surface area contributed by atoms with E-state index in [1.54, 1.807) is 24.3 Å². The molecule has 0 aliphatic carbocycles. The second-order valence-electron chi connectivity index (χ2n) is 3.12. The summed E-state index contributed by atoms with van der Waals surface area (Å²) in [4.78, 5) is 11.5. The molecule has 1 rings (SSSR count). The van der Waals surface area contributed by atoms with Gasteiger partial charge in [0, 0.05) is 23.2 Å². The molecule has 14 heavy (non-hydrogen) atoms. The molecule has 0 fully saturated rings. The number of nitrogens with two attached hydrogens (primary N) is 1. The Kier molecular flexibility index (Phi) is 3.92. The summed E-state index contributed by atoms with van der Waals surface area (Å²) < 4.78 is 0. The van der Waals surface area contributed by atoms with Crippen LogP contribution in [0.1, 0.15) is 17.3 Å². The highest BCUT2D eigenvalue weighted by Crippen LogP contribution is 2.09. The van der Waals surface area contributed by atoms with Gasteiger partial charge in [0.25, 0.3) is 5.91 Å². The fraction of sp³-hybridized carbons (Fsp3) is 0.300. The predicted octanol–water partition coefficient (Wildman–Crippen LogP) is 1.42. The van der Waals surface area contributed by atoms with Gasteiger partial charge in [0.2, 0.25) is 0 Å². The average molecular weight is 213 g/mol. The van der Waals surface area contributed by atoms with Crippen molar-refractivity contribution in [2.45, 2.75) is 13.0 Å². The van der Waals surface area contributed by atoms with E-state index in [9.17, 15) is 4.79 Å². The Bertz CT molecular complexity index is 310. The normalized spacial score (nSPS) is 12.2. The standard InChI is InChI=1S/C10H13ClN2O/c1-7(6-12)13-10(14)8-2-4-9(11)5-3-8/h2-5,7H,6,12H2,1H3,(H,13,14)/t7-/m0/s1. The first-order valence-corrected chi connectivity index (χ1v) is 4.77. The highest BCUT2D eigenvalue weighted by atomic mass is 35.5. The summed E-state index contributed by atoms with van der Waals surface area (Å²) in [6, 6.07) is 6.72. The van der Waals surface area contributed by atoms with Crippen molar-refractivity contribution in [2.75, 3.05) is 6.54 Å². The van der Waals surface area contributed by atoms with Gasteiger partial charge >= 0.3 is 0 Å². The van der Waals surface area contributed by atoms with Crippen molar-refractivity contribution in [3.8, 4) is 0 Å². The van der Waals surface area contributed by atoms with E-state index >= 15 is 0 Å². The van der Waals surface area contributed by atoms with Gasteiger partial charge in [-0.2, -0.15) is 0 Å². The van der Waals surface area contributed by atoms with Gasteiger partial charge in [0.1, 0.15) is 0 Å². The van der Waals surface area contributed by atoms with Crippen molar-refractivity contribution in [1.29, 1.82) is 0 Å². The van der Waals surface area contributed by atoms with Gasteiger partial charge in [-0.1, -0.05) is 11.6 Å². The molecule has 1 aromatic carbocycles. The van der Waals surface area contributed by atoms with Crippen LogP contribution < -0.4 is 11.1 Å². The monoisotopic (exact) mass is 212 g/mol. The number of hydrogen-bond donors (Lipinski definition) is 2. The molecular weight excluding hydrogens is 200 g/mol. The van der Waals surface area contributed by atoms with Crippen LogP contribution in [0.5, 0.6) is 0 Å². The number of nitrogens with one attached hydrogen (secondary N) is 1. The van der Waals surface area contributed by atoms with E-state index < -0.39 is 0 Å². The minimum absolute atomic E-state index is 0.0156. The molecule has 3 N–H and O–H groups in total. The topological polar surface area (TPSA) is 55.1 Å². The Labute approximate surface area is 88.2 Å². The maximum Gasteiger partial charge on any atom is 0.251 e. The Morgan fingerprint density at radius 2 is 2.07 bits per heavy atom. The SMILES string of the molecule is C[C@@H](CN)NC(=O)c1ccc(Cl)cc1. The Morgan fingerprint density at radius 1 is 1.50 bits per heavy atom. The Morgan fingerprint density at radius 3 is 2.57 bits per heavy atom. The molecule has 0 bridgehead atoms. The smallest absolute Gasteiger partial charge is 0.251 e. The number of halogens is 1. The zero-order valence-corrected chi connectivity index (χ0v) is 8.71. The third-order valence-electron chi connectivity index (χ3n) is 1.84. The van der Waals surface area contributed by atoms with Gasteiger partial charge in [-0.3, -0.25) is 4.79 Å². The maximum atomic E-state index is 11.5. The number of benzene rings is 1. The van der Waals surface area contributed by atoms with Crippen LogP contribution in [0.25, 0.3) is 0 Å². The molecule has 0 saturated heterocycles. The van der Waals surface area contributed by atoms with E-state index in [0.29, 0.717) is 17.1 Å². The molecule has 1 amide bonds. The average Bonchev–Trinajstić information content (AvgIpc) is 2.18. The third kappa shape index (κ3) is 3.01. The van der Waals surface area contributed by atoms with Crippen LogP contribution in [-0.4, -0.2) is 18.5 Å². The Hall–Kier alpha value is -1.06. The van der Waals surface area contributed by atoms with E-state index in [1.807, 2.05) is 6.92 Å². The van der Waals surface area contributed by atoms with Gasteiger partial charge < -0.3 is 11.1 Å². The van der Waals surface area contributed by atoms with E-state index in [0.717, 1.165) is 0 Å². The van der Waals surface area contributed by atoms with E-state index in [1.165, 1.54) is 0 Å². The van der Waals surface area contributed by atoms with Crippen LogP contribution in [0, 0.1) is 0 Å². The molecular formula is C10H13ClN2O. The van der Waals surface area contributed by atoms with Crippen LogP contribution in [0.4, 0.5) is 0 Å². The summed E-state index contributed by atoms with van der Waals surface area (Å²) in [5, 5.41) is 3.38. The van der Waals surface area contributed by atoms with Crippen LogP contribution in [0.3, 0.4) is 0 Å². The van der Waals surface area contributed by atoms with E-state index in [4.69, 9.17) is 17.3 Å². The van der Waals surface area contributed by atoms with Crippen LogP contribution in [0.15, 0.2) is 24.3 Å².